The fraction of sp³-hybridized carbons (Fsp3) is 0.0500. The third-order valence-corrected chi connectivity index (χ3v) is 6.64. The fourth-order valence-electron chi connectivity index (χ4n) is 3.56. The Morgan fingerprint density at radius 1 is 1.00 bits per heavy atom. The number of rotatable bonds is 3. The molecule has 0 spiro atoms. The monoisotopic (exact) mass is 393 g/mol. The first kappa shape index (κ1) is 16.4. The van der Waals surface area contributed by atoms with Gasteiger partial charge >= 0.3 is 0 Å². The molecule has 1 unspecified atom stereocenters. The number of nitrogens with two attached hydrogens (primary N) is 1. The smallest absolute Gasteiger partial charge is 0.238 e. The summed E-state index contributed by atoms with van der Waals surface area (Å²) < 4.78 is 23.1. The molecule has 3 aromatic rings. The summed E-state index contributed by atoms with van der Waals surface area (Å²) in [6.45, 7) is 0. The molecule has 27 heavy (non-hydrogen) atoms. The van der Waals surface area contributed by atoms with Crippen LogP contribution in [0, 0.1) is 0 Å². The Morgan fingerprint density at radius 3 is 2.48 bits per heavy atom. The van der Waals surface area contributed by atoms with Gasteiger partial charge in [-0.05, 0) is 47.4 Å². The summed E-state index contributed by atoms with van der Waals surface area (Å²) in [6, 6.07) is 18.9. The lowest BCUT2D eigenvalue weighted by atomic mass is 10.0. The summed E-state index contributed by atoms with van der Waals surface area (Å²) in [5, 5.41) is 14.1. The van der Waals surface area contributed by atoms with E-state index in [-0.39, 0.29) is 10.9 Å². The molecule has 0 bridgehead atoms. The molecule has 2 aromatic carbocycles. The predicted molar refractivity (Wildman–Crippen MR) is 108 cm³/mol. The average Bonchev–Trinajstić information content (AvgIpc) is 3.36. The van der Waals surface area contributed by atoms with Crippen LogP contribution >= 0.6 is 11.3 Å². The van der Waals surface area contributed by atoms with Crippen LogP contribution in [0.2, 0.25) is 0 Å². The zero-order chi connectivity index (χ0) is 18.6. The molecule has 5 nitrogen and oxygen atoms in total. The van der Waals surface area contributed by atoms with Crippen LogP contribution in [0.1, 0.15) is 22.0 Å². The van der Waals surface area contributed by atoms with Gasteiger partial charge in [0.1, 0.15) is 6.04 Å². The number of nitrogens with zero attached hydrogens (tertiary/aromatic N) is 2. The predicted octanol–water partition coefficient (Wildman–Crippen LogP) is 3.76. The third kappa shape index (κ3) is 2.63. The van der Waals surface area contributed by atoms with E-state index in [1.165, 1.54) is 22.6 Å². The van der Waals surface area contributed by atoms with Crippen LogP contribution in [0.3, 0.4) is 0 Å². The number of hydrazone groups is 1. The summed E-state index contributed by atoms with van der Waals surface area (Å²) in [5.74, 6) is 0. The summed E-state index contributed by atoms with van der Waals surface area (Å²) in [5.41, 5.74) is 5.25. The highest BCUT2D eigenvalue weighted by molar-refractivity contribution is 7.89. The molecule has 2 aliphatic rings. The molecular weight excluding hydrogens is 378 g/mol. The van der Waals surface area contributed by atoms with E-state index >= 15 is 0 Å². The van der Waals surface area contributed by atoms with Crippen LogP contribution in [-0.2, 0) is 10.0 Å². The van der Waals surface area contributed by atoms with Crippen molar-refractivity contribution >= 4 is 38.8 Å². The molecule has 0 fully saturated rings. The number of thiophene rings is 1. The summed E-state index contributed by atoms with van der Waals surface area (Å²) in [7, 11) is -3.72. The quantitative estimate of drug-likeness (QED) is 0.736. The fourth-order valence-corrected chi connectivity index (χ4v) is 4.91. The summed E-state index contributed by atoms with van der Waals surface area (Å²) in [6.07, 6.45) is 2.19. The Balaban J connectivity index is 1.63. The van der Waals surface area contributed by atoms with E-state index in [0.717, 1.165) is 22.5 Å². The lowest BCUT2D eigenvalue weighted by Crippen LogP contribution is -2.19. The third-order valence-electron chi connectivity index (χ3n) is 4.79. The molecule has 0 saturated heterocycles. The average molecular weight is 393 g/mol. The summed E-state index contributed by atoms with van der Waals surface area (Å²) >= 11 is 1.68. The molecule has 0 amide bonds. The van der Waals surface area contributed by atoms with Crippen molar-refractivity contribution in [2.75, 3.05) is 5.01 Å². The number of fused-ring (bicyclic) bond motifs is 3. The van der Waals surface area contributed by atoms with Crippen molar-refractivity contribution < 1.29 is 8.42 Å². The van der Waals surface area contributed by atoms with E-state index in [1.54, 1.807) is 23.5 Å². The van der Waals surface area contributed by atoms with Gasteiger partial charge in [0.15, 0.2) is 0 Å². The van der Waals surface area contributed by atoms with Gasteiger partial charge in [0, 0.05) is 16.0 Å². The van der Waals surface area contributed by atoms with Gasteiger partial charge < -0.3 is 0 Å². The highest BCUT2D eigenvalue weighted by Crippen LogP contribution is 2.45. The lowest BCUT2D eigenvalue weighted by molar-refractivity contribution is 0.598. The van der Waals surface area contributed by atoms with E-state index in [2.05, 4.69) is 29.7 Å². The highest BCUT2D eigenvalue weighted by Gasteiger charge is 2.38. The Hall–Kier alpha value is -2.74. The van der Waals surface area contributed by atoms with E-state index in [0.29, 0.717) is 0 Å². The maximum atomic E-state index is 11.5. The second kappa shape index (κ2) is 5.88. The number of sulfonamides is 1. The lowest BCUT2D eigenvalue weighted by Gasteiger charge is -2.23. The molecule has 5 rings (SSSR count). The Morgan fingerprint density at radius 2 is 1.78 bits per heavy atom. The molecular formula is C20H15N3O2S2. The molecule has 1 aliphatic heterocycles. The number of primary sulfonamides is 1. The largest absolute Gasteiger partial charge is 0.252 e. The van der Waals surface area contributed by atoms with Crippen LogP contribution in [0.15, 0.2) is 81.6 Å². The van der Waals surface area contributed by atoms with Crippen molar-refractivity contribution in [2.45, 2.75) is 10.9 Å². The molecule has 0 saturated carbocycles. The Labute approximate surface area is 161 Å². The van der Waals surface area contributed by atoms with Gasteiger partial charge in [0.05, 0.1) is 16.3 Å². The topological polar surface area (TPSA) is 75.8 Å². The van der Waals surface area contributed by atoms with Gasteiger partial charge in [-0.15, -0.1) is 11.3 Å². The van der Waals surface area contributed by atoms with E-state index in [1.807, 2.05) is 23.2 Å². The van der Waals surface area contributed by atoms with Crippen LogP contribution < -0.4 is 10.1 Å². The number of hydrogen-bond acceptors (Lipinski definition) is 5. The standard InChI is InChI=1S/C20H15N3O2S2/c21-27(24,25)15-9-7-14(8-10-15)23-20(18-6-3-11-26-18)17-12-13-4-1-2-5-16(13)19(17)22-23/h1-12,20H,(H2,21,24,25). The van der Waals surface area contributed by atoms with Crippen molar-refractivity contribution in [2.24, 2.45) is 10.2 Å². The molecule has 2 N–H and O–H groups in total. The minimum atomic E-state index is -3.72. The van der Waals surface area contributed by atoms with E-state index in [4.69, 9.17) is 10.2 Å². The van der Waals surface area contributed by atoms with Crippen LogP contribution in [0.4, 0.5) is 5.69 Å². The molecule has 1 aliphatic carbocycles. The second-order valence-electron chi connectivity index (χ2n) is 6.44. The Kier molecular flexibility index (Phi) is 3.58. The zero-order valence-electron chi connectivity index (χ0n) is 14.1. The van der Waals surface area contributed by atoms with Gasteiger partial charge in [0.25, 0.3) is 0 Å². The zero-order valence-corrected chi connectivity index (χ0v) is 15.7. The van der Waals surface area contributed by atoms with Crippen LogP contribution in [0.25, 0.3) is 6.08 Å². The molecule has 7 heteroatoms. The van der Waals surface area contributed by atoms with Gasteiger partial charge in [-0.2, -0.15) is 5.10 Å². The maximum Gasteiger partial charge on any atom is 0.238 e. The molecule has 2 heterocycles. The van der Waals surface area contributed by atoms with Gasteiger partial charge in [-0.1, -0.05) is 30.3 Å². The van der Waals surface area contributed by atoms with Crippen molar-refractivity contribution in [1.82, 2.24) is 0 Å². The van der Waals surface area contributed by atoms with Crippen molar-refractivity contribution in [3.8, 4) is 0 Å². The Bertz CT molecular complexity index is 1190. The second-order valence-corrected chi connectivity index (χ2v) is 8.98. The van der Waals surface area contributed by atoms with Gasteiger partial charge in [-0.25, -0.2) is 13.6 Å². The first-order chi connectivity index (χ1) is 13.0. The molecule has 134 valence electrons. The van der Waals surface area contributed by atoms with E-state index < -0.39 is 10.0 Å². The minimum absolute atomic E-state index is 0.0345. The molecule has 1 aromatic heterocycles. The first-order valence-corrected chi connectivity index (χ1v) is 10.8. The normalized spacial score (nSPS) is 18.1. The highest BCUT2D eigenvalue weighted by atomic mass is 32.2. The number of anilines is 1. The SMILES string of the molecule is NS(=O)(=O)c1ccc(N2N=C3C(=Cc4ccccc43)C2c2cccs2)cc1. The van der Waals surface area contributed by atoms with E-state index in [9.17, 15) is 8.42 Å². The number of benzene rings is 2. The van der Waals surface area contributed by atoms with Crippen LogP contribution in [-0.4, -0.2) is 14.1 Å². The number of hydrogen-bond donors (Lipinski definition) is 1. The summed E-state index contributed by atoms with van der Waals surface area (Å²) in [4.78, 5) is 1.28. The van der Waals surface area contributed by atoms with Crippen LogP contribution in [0.5, 0.6) is 0 Å². The minimum Gasteiger partial charge on any atom is -0.252 e. The maximum absolute atomic E-state index is 11.5. The van der Waals surface area contributed by atoms with Gasteiger partial charge in [0.2, 0.25) is 10.0 Å². The van der Waals surface area contributed by atoms with Gasteiger partial charge in [-0.3, -0.25) is 5.01 Å². The van der Waals surface area contributed by atoms with Crippen molar-refractivity contribution in [3.63, 3.8) is 0 Å². The molecule has 0 radical (unpaired) electrons. The van der Waals surface area contributed by atoms with Crippen molar-refractivity contribution in [3.05, 3.63) is 87.6 Å². The molecule has 1 atom stereocenters. The van der Waals surface area contributed by atoms with Crippen molar-refractivity contribution in [1.29, 1.82) is 0 Å². The first-order valence-electron chi connectivity index (χ1n) is 8.38.